The summed E-state index contributed by atoms with van der Waals surface area (Å²) in [6, 6.07) is 20.2. The van der Waals surface area contributed by atoms with E-state index in [1.165, 1.54) is 217 Å². The topological polar surface area (TPSA) is 258 Å². The largest absolute Gasteiger partial charge is 0.382 e. The van der Waals surface area contributed by atoms with Gasteiger partial charge in [-0.25, -0.2) is 29.9 Å². The molecule has 0 saturated heterocycles. The normalized spacial score (nSPS) is 12.6. The van der Waals surface area contributed by atoms with Crippen molar-refractivity contribution in [2.45, 2.75) is 273 Å². The number of aryl methyl sites for hydroxylation is 1. The minimum atomic E-state index is -3.82. The van der Waals surface area contributed by atoms with Crippen LogP contribution in [0.3, 0.4) is 0 Å². The molecule has 6 rings (SSSR count). The predicted molar refractivity (Wildman–Crippen MR) is 394 cm³/mol. The lowest BCUT2D eigenvalue weighted by Crippen LogP contribution is -2.11. The molecule has 2 atom stereocenters. The molecule has 5 N–H and O–H groups in total. The molecular formula is C74H128N10O10P2. The molecule has 2 unspecified atom stereocenters. The van der Waals surface area contributed by atoms with Gasteiger partial charge in [-0.05, 0) is 30.4 Å². The van der Waals surface area contributed by atoms with E-state index in [1.807, 2.05) is 48.7 Å². The number of imidazole rings is 2. The zero-order chi connectivity index (χ0) is 69.1. The molecule has 96 heavy (non-hydrogen) atoms. The van der Waals surface area contributed by atoms with Crippen LogP contribution in [0.2, 0.25) is 0 Å². The van der Waals surface area contributed by atoms with E-state index in [9.17, 15) is 14.0 Å². The highest BCUT2D eigenvalue weighted by atomic mass is 31.2. The van der Waals surface area contributed by atoms with Gasteiger partial charge in [-0.1, -0.05) is 294 Å². The van der Waals surface area contributed by atoms with E-state index in [4.69, 9.17) is 44.0 Å². The monoisotopic (exact) mass is 1380 g/mol. The maximum absolute atomic E-state index is 13.5. The third-order valence-corrected chi connectivity index (χ3v) is 19.0. The van der Waals surface area contributed by atoms with Crippen molar-refractivity contribution in [1.29, 1.82) is 0 Å². The van der Waals surface area contributed by atoms with E-state index in [0.29, 0.717) is 73.5 Å². The van der Waals surface area contributed by atoms with Gasteiger partial charge >= 0.3 is 15.2 Å². The standard InChI is InChI=1S/C35H58N5O5P.C28H52N5O5P.C9H12.C2H6/c1-2-3-4-5-6-7-8-9-10-11-12-13-14-15-16-20-24-42-26-27-44-46(41,45-28-32-21-18-17-19-22-32)31-43-25-23-40-30-39-33-34(36)37-29-38-35(33)40;1-2-3-4-5-6-7-8-9-10-11-12-13-14-15-16-17-19-36-21-22-38-39(34,35)25-37-20-18-33-24-32-26-27(29)30-23-31-28(26)33;1-2-6-9-7-4-3-5-8-9;1-2/h17-19,21-22,29-30H,2-16,20,23-28,31H2,1H3,(H2,36,37,38);23-24H,2-22,25H2,1H3,(H,34,35)(H2,29,30,31);3-5,7-8H,2,6H2,1H3;1-2H3. The molecule has 6 aromatic rings. The molecule has 544 valence electrons. The van der Waals surface area contributed by atoms with Crippen molar-refractivity contribution >= 4 is 49.2 Å². The zero-order valence-electron chi connectivity index (χ0n) is 60.1. The second kappa shape index (κ2) is 58.1. The Hall–Kier alpha value is -4.72. The highest BCUT2D eigenvalue weighted by Gasteiger charge is 2.26. The van der Waals surface area contributed by atoms with Crippen LogP contribution in [-0.2, 0) is 67.8 Å². The third-order valence-electron chi connectivity index (χ3n) is 16.3. The van der Waals surface area contributed by atoms with E-state index in [-0.39, 0.29) is 45.7 Å². The van der Waals surface area contributed by atoms with Crippen LogP contribution < -0.4 is 11.5 Å². The van der Waals surface area contributed by atoms with Crippen LogP contribution in [0.1, 0.15) is 258 Å². The van der Waals surface area contributed by atoms with Gasteiger partial charge in [0.25, 0.3) is 0 Å². The molecule has 0 bridgehead atoms. The van der Waals surface area contributed by atoms with Gasteiger partial charge in [0, 0.05) is 26.3 Å². The molecule has 0 aliphatic rings. The fraction of sp³-hybridized carbons (Fsp3) is 0.703. The molecule has 0 spiro atoms. The van der Waals surface area contributed by atoms with Gasteiger partial charge in [0.1, 0.15) is 36.4 Å². The Morgan fingerprint density at radius 3 is 1.15 bits per heavy atom. The second-order valence-corrected chi connectivity index (χ2v) is 28.3. The van der Waals surface area contributed by atoms with Gasteiger partial charge in [-0.15, -0.1) is 0 Å². The number of aromatic nitrogens is 8. The molecule has 0 radical (unpaired) electrons. The molecule has 0 amide bonds. The van der Waals surface area contributed by atoms with Gasteiger partial charge in [0.15, 0.2) is 22.9 Å². The fourth-order valence-corrected chi connectivity index (χ4v) is 12.9. The van der Waals surface area contributed by atoms with Gasteiger partial charge < -0.3 is 58.0 Å². The maximum atomic E-state index is 13.5. The average Bonchev–Trinajstić information content (AvgIpc) is 1.68. The molecular weight excluding hydrogens is 1250 g/mol. The second-order valence-electron chi connectivity index (χ2n) is 24.6. The third kappa shape index (κ3) is 42.3. The summed E-state index contributed by atoms with van der Waals surface area (Å²) in [5.74, 6) is 0.638. The molecule has 2 aromatic carbocycles. The molecule has 0 aliphatic heterocycles. The van der Waals surface area contributed by atoms with Crippen LogP contribution in [0.25, 0.3) is 22.3 Å². The van der Waals surface area contributed by atoms with Crippen LogP contribution in [0, 0.1) is 0 Å². The van der Waals surface area contributed by atoms with Crippen molar-refractivity contribution in [3.8, 4) is 0 Å². The van der Waals surface area contributed by atoms with Gasteiger partial charge in [-0.2, -0.15) is 0 Å². The number of rotatable bonds is 57. The summed E-state index contributed by atoms with van der Waals surface area (Å²) in [5, 5.41) is 0. The Bertz CT molecular complexity index is 2840. The number of benzene rings is 2. The SMILES string of the molecule is CC.CCCCCCCCCCCCCCCCCCOCCOP(=O)(COCCn1cnc2c(N)ncnc21)OCc1ccccc1.CCCCCCCCCCCCCCCCCCOCCOP(=O)(O)COCCn1cnc2c(N)ncnc21.CCCc1ccccc1. The number of nitrogens with zero attached hydrogens (tertiary/aromatic N) is 8. The number of nitrogens with two attached hydrogens (primary N) is 2. The van der Waals surface area contributed by atoms with Crippen molar-refractivity contribution in [3.63, 3.8) is 0 Å². The molecule has 0 aliphatic carbocycles. The molecule has 0 saturated carbocycles. The fourth-order valence-electron chi connectivity index (χ4n) is 10.8. The van der Waals surface area contributed by atoms with Crippen LogP contribution in [0.4, 0.5) is 11.6 Å². The number of hydrogen-bond acceptors (Lipinski definition) is 17. The number of nitrogen functional groups attached to an aromatic ring is 2. The van der Waals surface area contributed by atoms with Crippen LogP contribution >= 0.6 is 15.2 Å². The first kappa shape index (κ1) is 85.5. The zero-order valence-corrected chi connectivity index (χ0v) is 61.9. The van der Waals surface area contributed by atoms with Crippen LogP contribution in [-0.4, -0.2) is 109 Å². The van der Waals surface area contributed by atoms with Crippen molar-refractivity contribution in [2.75, 3.05) is 77.0 Å². The summed E-state index contributed by atoms with van der Waals surface area (Å²) < 4.78 is 68.2. The van der Waals surface area contributed by atoms with E-state index in [1.54, 1.807) is 17.2 Å². The number of anilines is 2. The van der Waals surface area contributed by atoms with E-state index in [2.05, 4.69) is 81.0 Å². The molecule has 4 aromatic heterocycles. The Labute approximate surface area is 578 Å². The lowest BCUT2D eigenvalue weighted by Gasteiger charge is -2.19. The minimum absolute atomic E-state index is 0.0678. The summed E-state index contributed by atoms with van der Waals surface area (Å²) in [7, 11) is -7.34. The molecule has 20 nitrogen and oxygen atoms in total. The van der Waals surface area contributed by atoms with E-state index >= 15 is 0 Å². The first-order valence-electron chi connectivity index (χ1n) is 37.1. The Morgan fingerprint density at radius 2 is 0.750 bits per heavy atom. The smallest absolute Gasteiger partial charge is 0.356 e. The first-order chi connectivity index (χ1) is 47.1. The van der Waals surface area contributed by atoms with Crippen LogP contribution in [0.5, 0.6) is 0 Å². The van der Waals surface area contributed by atoms with Crippen molar-refractivity contribution in [3.05, 3.63) is 97.1 Å². The summed E-state index contributed by atoms with van der Waals surface area (Å²) >= 11 is 0. The van der Waals surface area contributed by atoms with Crippen molar-refractivity contribution in [1.82, 2.24) is 39.0 Å². The predicted octanol–water partition coefficient (Wildman–Crippen LogP) is 19.6. The number of unbranched alkanes of at least 4 members (excludes halogenated alkanes) is 30. The highest BCUT2D eigenvalue weighted by Crippen LogP contribution is 2.49. The Balaban J connectivity index is 0.000000435. The molecule has 0 fully saturated rings. The number of fused-ring (bicyclic) bond motifs is 2. The quantitative estimate of drug-likeness (QED) is 0.0237. The lowest BCUT2D eigenvalue weighted by molar-refractivity contribution is 0.0756. The van der Waals surface area contributed by atoms with Crippen LogP contribution in [0.15, 0.2) is 86.0 Å². The van der Waals surface area contributed by atoms with E-state index in [0.717, 1.165) is 24.8 Å². The summed E-state index contributed by atoms with van der Waals surface area (Å²) in [6.45, 7) is 14.5. The number of hydrogen-bond donors (Lipinski definition) is 3. The summed E-state index contributed by atoms with van der Waals surface area (Å²) in [4.78, 5) is 34.6. The average molecular weight is 1380 g/mol. The number of ether oxygens (including phenoxy) is 4. The Morgan fingerprint density at radius 1 is 0.385 bits per heavy atom. The van der Waals surface area contributed by atoms with Crippen molar-refractivity contribution in [2.24, 2.45) is 0 Å². The molecule has 22 heteroatoms. The highest BCUT2D eigenvalue weighted by molar-refractivity contribution is 7.53. The van der Waals surface area contributed by atoms with Crippen molar-refractivity contribution < 1.29 is 46.5 Å². The summed E-state index contributed by atoms with van der Waals surface area (Å²) in [6.07, 6.45) is 50.9. The first-order valence-corrected chi connectivity index (χ1v) is 40.6. The summed E-state index contributed by atoms with van der Waals surface area (Å²) in [5.41, 5.74) is 16.3. The van der Waals surface area contributed by atoms with Gasteiger partial charge in [-0.3, -0.25) is 9.13 Å². The van der Waals surface area contributed by atoms with Gasteiger partial charge in [0.05, 0.1) is 58.9 Å². The lowest BCUT2D eigenvalue weighted by atomic mass is 10.0. The molecule has 4 heterocycles. The maximum Gasteiger partial charge on any atom is 0.356 e. The minimum Gasteiger partial charge on any atom is -0.382 e. The van der Waals surface area contributed by atoms with E-state index < -0.39 is 15.2 Å². The Kier molecular flexibility index (Phi) is 51.8. The van der Waals surface area contributed by atoms with Gasteiger partial charge in [0.2, 0.25) is 0 Å².